The Kier molecular flexibility index (Phi) is 6.79. The molecule has 0 spiro atoms. The van der Waals surface area contributed by atoms with E-state index in [-0.39, 0.29) is 23.5 Å². The van der Waals surface area contributed by atoms with Crippen molar-refractivity contribution in [2.24, 2.45) is 0 Å². The van der Waals surface area contributed by atoms with Gasteiger partial charge in [-0.05, 0) is 56.5 Å². The highest BCUT2D eigenvalue weighted by atomic mass is 16.3. The molecule has 3 unspecified atom stereocenters. The lowest BCUT2D eigenvalue weighted by molar-refractivity contribution is -0.131. The number of carbonyl (C=O) groups is 1. The first-order chi connectivity index (χ1) is 12.2. The van der Waals surface area contributed by atoms with Gasteiger partial charge in [0.1, 0.15) is 6.10 Å². The number of hydrogen-bond acceptors (Lipinski definition) is 3. The highest BCUT2D eigenvalue weighted by Gasteiger charge is 2.29. The van der Waals surface area contributed by atoms with Gasteiger partial charge in [-0.25, -0.2) is 0 Å². The number of aliphatic hydroxyl groups is 1. The summed E-state index contributed by atoms with van der Waals surface area (Å²) in [5, 5.41) is 19.2. The molecule has 0 radical (unpaired) electrons. The van der Waals surface area contributed by atoms with Gasteiger partial charge < -0.3 is 15.7 Å². The predicted octanol–water partition coefficient (Wildman–Crippen LogP) is 3.93. The summed E-state index contributed by atoms with van der Waals surface area (Å²) in [5.74, 6) is -0.333. The van der Waals surface area contributed by atoms with Crippen molar-refractivity contribution in [3.8, 4) is 0 Å². The minimum atomic E-state index is -1.07. The van der Waals surface area contributed by atoms with Crippen LogP contribution in [0.5, 0.6) is 0 Å². The lowest BCUT2D eigenvalue weighted by atomic mass is 9.99. The lowest BCUT2D eigenvalue weighted by Crippen LogP contribution is -2.54. The Hall–Kier alpha value is -1.91. The first-order valence-electron chi connectivity index (χ1n) is 9.46. The minimum absolute atomic E-state index is 0.162. The maximum absolute atomic E-state index is 12.6. The molecule has 3 atom stereocenters. The molecule has 142 valence electrons. The van der Waals surface area contributed by atoms with E-state index in [1.807, 2.05) is 45.9 Å². The molecule has 0 aliphatic heterocycles. The zero-order valence-electron chi connectivity index (χ0n) is 16.5. The number of nitrogens with one attached hydrogen (secondary N) is 2. The maximum atomic E-state index is 12.6. The quantitative estimate of drug-likeness (QED) is 0.704. The van der Waals surface area contributed by atoms with E-state index in [0.717, 1.165) is 23.8 Å². The van der Waals surface area contributed by atoms with Crippen LogP contribution in [0.25, 0.3) is 10.8 Å². The number of carbonyl (C=O) groups excluding carboxylic acids is 1. The molecular formula is C22H32N2O2. The second-order valence-electron chi connectivity index (χ2n) is 8.07. The number of benzene rings is 2. The van der Waals surface area contributed by atoms with Crippen molar-refractivity contribution >= 4 is 16.7 Å². The Balaban J connectivity index is 2.07. The summed E-state index contributed by atoms with van der Waals surface area (Å²) in [4.78, 5) is 12.6. The molecule has 0 saturated carbocycles. The van der Waals surface area contributed by atoms with Crippen LogP contribution >= 0.6 is 0 Å². The van der Waals surface area contributed by atoms with Gasteiger partial charge in [0.05, 0.1) is 6.04 Å². The summed E-state index contributed by atoms with van der Waals surface area (Å²) in [6, 6.07) is 13.9. The SMILES string of the molecule is CCCC(NC(C)(C)C)C(O)C(=O)NC(C)c1ccc2ccccc2c1. The molecule has 2 rings (SSSR count). The molecule has 1 amide bonds. The second kappa shape index (κ2) is 8.65. The van der Waals surface area contributed by atoms with Crippen LogP contribution in [0.2, 0.25) is 0 Å². The van der Waals surface area contributed by atoms with Crippen LogP contribution < -0.4 is 10.6 Å². The fourth-order valence-electron chi connectivity index (χ4n) is 3.22. The van der Waals surface area contributed by atoms with E-state index in [1.54, 1.807) is 0 Å². The summed E-state index contributed by atoms with van der Waals surface area (Å²) >= 11 is 0. The van der Waals surface area contributed by atoms with E-state index in [2.05, 4.69) is 41.8 Å². The van der Waals surface area contributed by atoms with Crippen LogP contribution in [0.15, 0.2) is 42.5 Å². The third kappa shape index (κ3) is 5.55. The van der Waals surface area contributed by atoms with Crippen molar-refractivity contribution in [1.82, 2.24) is 10.6 Å². The van der Waals surface area contributed by atoms with Crippen molar-refractivity contribution in [3.63, 3.8) is 0 Å². The number of amides is 1. The molecule has 2 aromatic carbocycles. The molecule has 0 saturated heterocycles. The lowest BCUT2D eigenvalue weighted by Gasteiger charge is -2.31. The van der Waals surface area contributed by atoms with Gasteiger partial charge in [0.15, 0.2) is 0 Å². The zero-order chi connectivity index (χ0) is 19.3. The van der Waals surface area contributed by atoms with Crippen LogP contribution in [0, 0.1) is 0 Å². The number of aliphatic hydroxyl groups excluding tert-OH is 1. The van der Waals surface area contributed by atoms with Gasteiger partial charge in [0.2, 0.25) is 0 Å². The van der Waals surface area contributed by atoms with Crippen LogP contribution in [0.1, 0.15) is 59.1 Å². The first kappa shape index (κ1) is 20.4. The molecule has 2 aromatic rings. The number of rotatable bonds is 7. The topological polar surface area (TPSA) is 61.4 Å². The summed E-state index contributed by atoms with van der Waals surface area (Å²) in [7, 11) is 0. The molecule has 4 nitrogen and oxygen atoms in total. The predicted molar refractivity (Wildman–Crippen MR) is 108 cm³/mol. The van der Waals surface area contributed by atoms with Crippen LogP contribution in [-0.4, -0.2) is 28.7 Å². The first-order valence-corrected chi connectivity index (χ1v) is 9.46. The van der Waals surface area contributed by atoms with Crippen molar-refractivity contribution in [2.45, 2.75) is 71.2 Å². The fraction of sp³-hybridized carbons (Fsp3) is 0.500. The standard InChI is InChI=1S/C22H32N2O2/c1-6-9-19(24-22(3,4)5)20(25)21(26)23-15(2)17-13-12-16-10-7-8-11-18(16)14-17/h7-8,10-15,19-20,24-25H,6,9H2,1-5H3,(H,23,26). The minimum Gasteiger partial charge on any atom is -0.382 e. The molecule has 0 aliphatic carbocycles. The Morgan fingerprint density at radius 2 is 1.77 bits per heavy atom. The van der Waals surface area contributed by atoms with E-state index >= 15 is 0 Å². The van der Waals surface area contributed by atoms with Gasteiger partial charge in [-0.15, -0.1) is 0 Å². The molecule has 0 aromatic heterocycles. The normalized spacial score (nSPS) is 15.5. The van der Waals surface area contributed by atoms with E-state index in [9.17, 15) is 9.90 Å². The number of fused-ring (bicyclic) bond motifs is 1. The Bertz CT molecular complexity index is 736. The monoisotopic (exact) mass is 356 g/mol. The Morgan fingerprint density at radius 1 is 1.12 bits per heavy atom. The molecular weight excluding hydrogens is 324 g/mol. The van der Waals surface area contributed by atoms with E-state index < -0.39 is 6.10 Å². The molecule has 0 fully saturated rings. The highest BCUT2D eigenvalue weighted by molar-refractivity contribution is 5.84. The second-order valence-corrected chi connectivity index (χ2v) is 8.07. The van der Waals surface area contributed by atoms with Gasteiger partial charge in [0, 0.05) is 11.6 Å². The molecule has 26 heavy (non-hydrogen) atoms. The van der Waals surface area contributed by atoms with Crippen molar-refractivity contribution < 1.29 is 9.90 Å². The van der Waals surface area contributed by atoms with Gasteiger partial charge in [-0.3, -0.25) is 4.79 Å². The summed E-state index contributed by atoms with van der Waals surface area (Å²) in [5.41, 5.74) is 0.866. The maximum Gasteiger partial charge on any atom is 0.250 e. The highest BCUT2D eigenvalue weighted by Crippen LogP contribution is 2.20. The van der Waals surface area contributed by atoms with Crippen molar-refractivity contribution in [1.29, 1.82) is 0 Å². The molecule has 4 heteroatoms. The van der Waals surface area contributed by atoms with Crippen LogP contribution in [0.3, 0.4) is 0 Å². The van der Waals surface area contributed by atoms with Crippen LogP contribution in [0.4, 0.5) is 0 Å². The molecule has 0 heterocycles. The smallest absolute Gasteiger partial charge is 0.250 e. The van der Waals surface area contributed by atoms with Gasteiger partial charge >= 0.3 is 0 Å². The average molecular weight is 357 g/mol. The van der Waals surface area contributed by atoms with Gasteiger partial charge in [-0.1, -0.05) is 49.7 Å². The Morgan fingerprint density at radius 3 is 2.38 bits per heavy atom. The fourth-order valence-corrected chi connectivity index (χ4v) is 3.22. The van der Waals surface area contributed by atoms with Crippen LogP contribution in [-0.2, 0) is 4.79 Å². The third-order valence-corrected chi connectivity index (χ3v) is 4.50. The molecule has 3 N–H and O–H groups in total. The van der Waals surface area contributed by atoms with E-state index in [1.165, 1.54) is 5.39 Å². The summed E-state index contributed by atoms with van der Waals surface area (Å²) in [6.45, 7) is 10.1. The van der Waals surface area contributed by atoms with E-state index in [0.29, 0.717) is 0 Å². The number of hydrogen-bond donors (Lipinski definition) is 3. The largest absolute Gasteiger partial charge is 0.382 e. The zero-order valence-corrected chi connectivity index (χ0v) is 16.5. The van der Waals surface area contributed by atoms with Gasteiger partial charge in [0.25, 0.3) is 5.91 Å². The summed E-state index contributed by atoms with van der Waals surface area (Å²) in [6.07, 6.45) is 0.575. The van der Waals surface area contributed by atoms with Crippen molar-refractivity contribution in [2.75, 3.05) is 0 Å². The summed E-state index contributed by atoms with van der Waals surface area (Å²) < 4.78 is 0. The Labute approximate surface area is 157 Å². The molecule has 0 aliphatic rings. The third-order valence-electron chi connectivity index (χ3n) is 4.50. The van der Waals surface area contributed by atoms with Crippen molar-refractivity contribution in [3.05, 3.63) is 48.0 Å². The molecule has 0 bridgehead atoms. The van der Waals surface area contributed by atoms with Gasteiger partial charge in [-0.2, -0.15) is 0 Å². The van der Waals surface area contributed by atoms with E-state index in [4.69, 9.17) is 0 Å². The average Bonchev–Trinajstić information content (AvgIpc) is 2.59.